The lowest BCUT2D eigenvalue weighted by molar-refractivity contribution is -0.145. The van der Waals surface area contributed by atoms with Crippen LogP contribution in [0, 0.1) is 0 Å². The van der Waals surface area contributed by atoms with Crippen LogP contribution in [0.15, 0.2) is 16.9 Å². The highest BCUT2D eigenvalue weighted by Gasteiger charge is 2.17. The Morgan fingerprint density at radius 1 is 2.09 bits per heavy atom. The topological polar surface area (TPSA) is 62.1 Å². The summed E-state index contributed by atoms with van der Waals surface area (Å²) in [5.41, 5.74) is -0.302. The normalized spacial score (nSPS) is 21.6. The molecule has 0 aliphatic carbocycles. The molecule has 60 valence electrons. The van der Waals surface area contributed by atoms with E-state index in [1.54, 1.807) is 0 Å². The molecule has 1 aliphatic heterocycles. The Bertz CT molecular complexity index is 297. The molecule has 5 heteroatoms. The van der Waals surface area contributed by atoms with Crippen molar-refractivity contribution in [1.29, 1.82) is 0 Å². The molecule has 0 unspecified atom stereocenters. The highest BCUT2D eigenvalue weighted by molar-refractivity contribution is 5.87. The average molecular weight is 159 g/mol. The van der Waals surface area contributed by atoms with Gasteiger partial charge in [-0.25, -0.2) is 9.86 Å². The Kier molecular flexibility index (Phi) is 1.29. The van der Waals surface area contributed by atoms with Crippen molar-refractivity contribution >= 4 is 12.2 Å². The van der Waals surface area contributed by atoms with Gasteiger partial charge >= 0.3 is 5.97 Å². The van der Waals surface area contributed by atoms with Crippen molar-refractivity contribution in [2.24, 2.45) is 4.99 Å². The summed E-state index contributed by atoms with van der Waals surface area (Å²) in [5.74, 6) is -1.29. The Morgan fingerprint density at radius 2 is 2.91 bits per heavy atom. The number of carboxylic acid groups (broad SMARTS) is 1. The van der Waals surface area contributed by atoms with E-state index in [0.29, 0.717) is 0 Å². The molecule has 1 rings (SSSR count). The third-order valence-electron chi connectivity index (χ3n) is 1.15. The van der Waals surface area contributed by atoms with Crippen molar-refractivity contribution < 1.29 is 18.9 Å². The molecule has 0 aromatic rings. The second-order valence-corrected chi connectivity index (χ2v) is 1.80. The van der Waals surface area contributed by atoms with Crippen molar-refractivity contribution in [1.82, 2.24) is 5.06 Å². The van der Waals surface area contributed by atoms with E-state index in [9.17, 15) is 4.79 Å². The Balaban J connectivity index is 2.75. The standard InChI is InChI=1S/C6H8N2O3/c1-11-8-3-2-7-4-5(8)6(9)10/h2,4H,3H2,1H3,(H,9,10)/i1D3. The van der Waals surface area contributed by atoms with Crippen molar-refractivity contribution in [3.05, 3.63) is 11.9 Å². The van der Waals surface area contributed by atoms with E-state index in [0.717, 1.165) is 11.3 Å². The Labute approximate surface area is 67.8 Å². The van der Waals surface area contributed by atoms with Crippen molar-refractivity contribution in [2.45, 2.75) is 0 Å². The molecule has 0 saturated carbocycles. The molecule has 0 aromatic carbocycles. The van der Waals surface area contributed by atoms with Crippen LogP contribution in [0.3, 0.4) is 0 Å². The second-order valence-electron chi connectivity index (χ2n) is 1.80. The molecule has 0 saturated heterocycles. The number of carboxylic acids is 1. The highest BCUT2D eigenvalue weighted by atomic mass is 16.7. The van der Waals surface area contributed by atoms with Gasteiger partial charge in [0.05, 0.1) is 23.9 Å². The van der Waals surface area contributed by atoms with Gasteiger partial charge in [0.2, 0.25) is 0 Å². The number of rotatable bonds is 2. The molecular formula is C6H8N2O3. The van der Waals surface area contributed by atoms with E-state index in [-0.39, 0.29) is 12.2 Å². The number of hydroxylamine groups is 2. The van der Waals surface area contributed by atoms with E-state index in [1.807, 2.05) is 0 Å². The van der Waals surface area contributed by atoms with E-state index < -0.39 is 13.0 Å². The number of carbonyl (C=O) groups is 1. The first-order valence-corrected chi connectivity index (χ1v) is 2.82. The zero-order valence-corrected chi connectivity index (χ0v) is 5.52. The molecular weight excluding hydrogens is 148 g/mol. The minimum absolute atomic E-state index is 0.00345. The third kappa shape index (κ3) is 1.56. The van der Waals surface area contributed by atoms with Crippen molar-refractivity contribution in [2.75, 3.05) is 13.6 Å². The maximum Gasteiger partial charge on any atom is 0.356 e. The van der Waals surface area contributed by atoms with Crippen LogP contribution in [0.25, 0.3) is 0 Å². The minimum Gasteiger partial charge on any atom is -0.476 e. The second kappa shape index (κ2) is 3.16. The van der Waals surface area contributed by atoms with Gasteiger partial charge in [0, 0.05) is 6.21 Å². The summed E-state index contributed by atoms with van der Waals surface area (Å²) >= 11 is 0. The van der Waals surface area contributed by atoms with E-state index in [4.69, 9.17) is 9.22 Å². The lowest BCUT2D eigenvalue weighted by Crippen LogP contribution is -2.30. The monoisotopic (exact) mass is 159 g/mol. The Hall–Kier alpha value is -1.36. The summed E-state index contributed by atoms with van der Waals surface area (Å²) in [6.07, 6.45) is 2.37. The fourth-order valence-electron chi connectivity index (χ4n) is 0.656. The van der Waals surface area contributed by atoms with Gasteiger partial charge in [-0.05, 0) is 0 Å². The summed E-state index contributed by atoms with van der Waals surface area (Å²) in [7, 11) is -2.67. The zero-order valence-electron chi connectivity index (χ0n) is 8.52. The molecule has 1 heterocycles. The molecule has 0 atom stereocenters. The first kappa shape index (κ1) is 4.50. The number of aliphatic imine (C=N–C) groups is 1. The number of nitrogens with zero attached hydrogens (tertiary/aromatic N) is 2. The van der Waals surface area contributed by atoms with Gasteiger partial charge in [0.15, 0.2) is 5.70 Å². The summed E-state index contributed by atoms with van der Waals surface area (Å²) in [4.78, 5) is 18.6. The number of aliphatic carboxylic acids is 1. The first-order chi connectivity index (χ1) is 6.40. The molecule has 1 aliphatic rings. The summed E-state index contributed by atoms with van der Waals surface area (Å²) in [5, 5.41) is 9.42. The zero-order chi connectivity index (χ0) is 10.8. The van der Waals surface area contributed by atoms with E-state index in [2.05, 4.69) is 9.83 Å². The minimum atomic E-state index is -2.67. The van der Waals surface area contributed by atoms with Crippen molar-refractivity contribution in [3.63, 3.8) is 0 Å². The average Bonchev–Trinajstić information content (AvgIpc) is 2.01. The lowest BCUT2D eigenvalue weighted by Gasteiger charge is -2.21. The third-order valence-corrected chi connectivity index (χ3v) is 1.15. The number of hydrogen-bond donors (Lipinski definition) is 1. The molecule has 11 heavy (non-hydrogen) atoms. The number of hydrogen-bond acceptors (Lipinski definition) is 4. The van der Waals surface area contributed by atoms with E-state index in [1.165, 1.54) is 6.21 Å². The lowest BCUT2D eigenvalue weighted by atomic mass is 10.4. The largest absolute Gasteiger partial charge is 0.476 e. The maximum absolute atomic E-state index is 10.6. The predicted molar refractivity (Wildman–Crippen MR) is 37.9 cm³/mol. The summed E-state index contributed by atoms with van der Waals surface area (Å²) in [6, 6.07) is 0. The van der Waals surface area contributed by atoms with E-state index >= 15 is 0 Å². The van der Waals surface area contributed by atoms with Gasteiger partial charge < -0.3 is 5.11 Å². The molecule has 0 bridgehead atoms. The molecule has 5 nitrogen and oxygen atoms in total. The van der Waals surface area contributed by atoms with Gasteiger partial charge in [-0.15, -0.1) is 0 Å². The molecule has 0 spiro atoms. The molecule has 0 amide bonds. The van der Waals surface area contributed by atoms with Crippen LogP contribution in [-0.2, 0) is 9.63 Å². The van der Waals surface area contributed by atoms with Crippen LogP contribution < -0.4 is 0 Å². The SMILES string of the molecule is [2H]C([2H])([2H])ON1CC=NC=C1C(=O)O. The van der Waals surface area contributed by atoms with Gasteiger partial charge in [-0.2, -0.15) is 0 Å². The molecule has 1 N–H and O–H groups in total. The smallest absolute Gasteiger partial charge is 0.356 e. The summed E-state index contributed by atoms with van der Waals surface area (Å²) in [6.45, 7) is -0.00345. The predicted octanol–water partition coefficient (Wildman–Crippen LogP) is -0.140. The van der Waals surface area contributed by atoms with Crippen LogP contribution in [0.5, 0.6) is 0 Å². The molecule has 0 radical (unpaired) electrons. The van der Waals surface area contributed by atoms with Gasteiger partial charge in [0.25, 0.3) is 0 Å². The summed E-state index contributed by atoms with van der Waals surface area (Å²) < 4.78 is 20.4. The van der Waals surface area contributed by atoms with Crippen LogP contribution in [-0.4, -0.2) is 35.9 Å². The van der Waals surface area contributed by atoms with Gasteiger partial charge in [0.1, 0.15) is 0 Å². The van der Waals surface area contributed by atoms with Crippen LogP contribution in [0.4, 0.5) is 0 Å². The highest BCUT2D eigenvalue weighted by Crippen LogP contribution is 2.06. The molecule has 0 fully saturated rings. The van der Waals surface area contributed by atoms with Crippen LogP contribution in [0.2, 0.25) is 0 Å². The van der Waals surface area contributed by atoms with Crippen LogP contribution in [0.1, 0.15) is 4.11 Å². The van der Waals surface area contributed by atoms with Crippen molar-refractivity contribution in [3.8, 4) is 0 Å². The van der Waals surface area contributed by atoms with Crippen LogP contribution >= 0.6 is 0 Å². The Morgan fingerprint density at radius 3 is 3.55 bits per heavy atom. The van der Waals surface area contributed by atoms with Gasteiger partial charge in [-0.1, -0.05) is 0 Å². The first-order valence-electron chi connectivity index (χ1n) is 4.32. The molecule has 0 aromatic heterocycles. The maximum atomic E-state index is 10.6. The fraction of sp³-hybridized carbons (Fsp3) is 0.333. The van der Waals surface area contributed by atoms with Gasteiger partial charge in [-0.3, -0.25) is 9.83 Å². The quantitative estimate of drug-likeness (QED) is 0.609. The fourth-order valence-corrected chi connectivity index (χ4v) is 0.656.